The molecule has 1 heterocycles. The number of benzene rings is 1. The minimum atomic E-state index is -3.81. The molecule has 164 valence electrons. The van der Waals surface area contributed by atoms with Crippen molar-refractivity contribution < 1.29 is 23.4 Å². The summed E-state index contributed by atoms with van der Waals surface area (Å²) >= 11 is 1.24. The molecule has 1 aromatic carbocycles. The third-order valence-electron chi connectivity index (χ3n) is 4.00. The lowest BCUT2D eigenvalue weighted by molar-refractivity contribution is -0.116. The Kier molecular flexibility index (Phi) is 11.2. The molecule has 0 radical (unpaired) electrons. The maximum Gasteiger partial charge on any atom is 0.244 e. The van der Waals surface area contributed by atoms with E-state index in [2.05, 4.69) is 9.69 Å². The van der Waals surface area contributed by atoms with Gasteiger partial charge in [0, 0.05) is 25.6 Å². The van der Waals surface area contributed by atoms with E-state index in [4.69, 9.17) is 10.2 Å². The molecular weight excluding hydrogens is 426 g/mol. The molecule has 30 heavy (non-hydrogen) atoms. The first kappa shape index (κ1) is 25.7. The number of aromatic nitrogens is 1. The quantitative estimate of drug-likeness (QED) is 0.617. The van der Waals surface area contributed by atoms with Crippen molar-refractivity contribution in [2.45, 2.75) is 24.3 Å². The van der Waals surface area contributed by atoms with Gasteiger partial charge in [-0.1, -0.05) is 42.5 Å². The first-order valence-electron chi connectivity index (χ1n) is 8.99. The molecule has 0 fully saturated rings. The maximum absolute atomic E-state index is 13.1. The van der Waals surface area contributed by atoms with Gasteiger partial charge in [0.05, 0.1) is 22.8 Å². The average Bonchev–Trinajstić information content (AvgIpc) is 3.20. The molecule has 10 heteroatoms. The number of nitrogens with one attached hydrogen (secondary N) is 1. The standard InChI is InChI=1S/C18H19N3O3S2.2CH4O/c1-14-17(13-25-20-14)19-18(22)12-21(15-8-4-2-5-9-15)26(23,24)16-10-6-3-7-11-16;2*1-2/h2-8,10-11,13,15H,9,12H2,1H3,(H,19,22);2*2H,1H3. The molecule has 1 atom stereocenters. The Bertz CT molecular complexity index is 940. The SMILES string of the molecule is CO.CO.Cc1nscc1NC(=O)CN(C1C=CC=CC1)S(=O)(=O)c1ccccc1. The maximum atomic E-state index is 13.1. The number of amides is 1. The van der Waals surface area contributed by atoms with Crippen molar-refractivity contribution in [2.24, 2.45) is 0 Å². The second kappa shape index (κ2) is 13.0. The van der Waals surface area contributed by atoms with Gasteiger partial charge in [0.15, 0.2) is 0 Å². The molecule has 0 spiro atoms. The number of aliphatic hydroxyl groups is 2. The van der Waals surface area contributed by atoms with Gasteiger partial charge in [-0.2, -0.15) is 8.68 Å². The number of nitrogens with zero attached hydrogens (tertiary/aromatic N) is 2. The third kappa shape index (κ3) is 6.85. The lowest BCUT2D eigenvalue weighted by Crippen LogP contribution is -2.44. The highest BCUT2D eigenvalue weighted by Gasteiger charge is 2.32. The molecule has 0 saturated heterocycles. The largest absolute Gasteiger partial charge is 0.400 e. The molecule has 1 aliphatic carbocycles. The fourth-order valence-electron chi connectivity index (χ4n) is 2.63. The number of anilines is 1. The van der Waals surface area contributed by atoms with Crippen LogP contribution in [0.3, 0.4) is 0 Å². The van der Waals surface area contributed by atoms with Crippen LogP contribution in [0.5, 0.6) is 0 Å². The van der Waals surface area contributed by atoms with Crippen molar-refractivity contribution in [1.29, 1.82) is 0 Å². The van der Waals surface area contributed by atoms with Gasteiger partial charge in [-0.3, -0.25) is 4.79 Å². The molecule has 1 unspecified atom stereocenters. The number of hydrogen-bond acceptors (Lipinski definition) is 7. The van der Waals surface area contributed by atoms with Crippen molar-refractivity contribution in [1.82, 2.24) is 8.68 Å². The van der Waals surface area contributed by atoms with Crippen LogP contribution in [0.15, 0.2) is 64.9 Å². The zero-order chi connectivity index (χ0) is 22.6. The van der Waals surface area contributed by atoms with Crippen LogP contribution in [-0.2, 0) is 14.8 Å². The smallest absolute Gasteiger partial charge is 0.244 e. The summed E-state index contributed by atoms with van der Waals surface area (Å²) in [5, 5.41) is 18.5. The highest BCUT2D eigenvalue weighted by Crippen LogP contribution is 2.23. The lowest BCUT2D eigenvalue weighted by Gasteiger charge is -2.28. The van der Waals surface area contributed by atoms with Gasteiger partial charge in [0.2, 0.25) is 15.9 Å². The van der Waals surface area contributed by atoms with Gasteiger partial charge in [0.1, 0.15) is 0 Å². The van der Waals surface area contributed by atoms with Crippen LogP contribution < -0.4 is 5.32 Å². The summed E-state index contributed by atoms with van der Waals surface area (Å²) in [4.78, 5) is 12.7. The number of sulfonamides is 1. The molecule has 3 N–H and O–H groups in total. The molecule has 8 nitrogen and oxygen atoms in total. The summed E-state index contributed by atoms with van der Waals surface area (Å²) in [5.41, 5.74) is 1.32. The van der Waals surface area contributed by atoms with Crippen molar-refractivity contribution in [3.63, 3.8) is 0 Å². The predicted molar refractivity (Wildman–Crippen MR) is 119 cm³/mol. The van der Waals surface area contributed by atoms with Crippen molar-refractivity contribution >= 4 is 33.2 Å². The van der Waals surface area contributed by atoms with Crippen LogP contribution in [0.25, 0.3) is 0 Å². The Hall–Kier alpha value is -2.37. The zero-order valence-corrected chi connectivity index (χ0v) is 18.7. The van der Waals surface area contributed by atoms with E-state index in [0.717, 1.165) is 14.2 Å². The van der Waals surface area contributed by atoms with Crippen molar-refractivity contribution in [3.05, 3.63) is 65.7 Å². The molecule has 0 bridgehead atoms. The van der Waals surface area contributed by atoms with Crippen LogP contribution in [0.1, 0.15) is 12.1 Å². The summed E-state index contributed by atoms with van der Waals surface area (Å²) in [5.74, 6) is -0.393. The number of allylic oxidation sites excluding steroid dienone is 2. The average molecular weight is 454 g/mol. The van der Waals surface area contributed by atoms with E-state index < -0.39 is 22.0 Å². The van der Waals surface area contributed by atoms with E-state index in [1.54, 1.807) is 42.7 Å². The second-order valence-corrected chi connectivity index (χ2v) is 8.36. The predicted octanol–water partition coefficient (Wildman–Crippen LogP) is 2.18. The number of hydrogen-bond donors (Lipinski definition) is 3. The van der Waals surface area contributed by atoms with Crippen molar-refractivity contribution in [3.8, 4) is 0 Å². The van der Waals surface area contributed by atoms with E-state index in [-0.39, 0.29) is 11.4 Å². The van der Waals surface area contributed by atoms with Gasteiger partial charge in [-0.25, -0.2) is 8.42 Å². The zero-order valence-electron chi connectivity index (χ0n) is 17.1. The Morgan fingerprint density at radius 3 is 2.40 bits per heavy atom. The first-order valence-corrected chi connectivity index (χ1v) is 11.3. The minimum Gasteiger partial charge on any atom is -0.400 e. The molecular formula is C20H27N3O5S2. The monoisotopic (exact) mass is 453 g/mol. The summed E-state index contributed by atoms with van der Waals surface area (Å²) in [7, 11) is -1.81. The second-order valence-electron chi connectivity index (χ2n) is 5.84. The van der Waals surface area contributed by atoms with Gasteiger partial charge in [-0.15, -0.1) is 0 Å². The summed E-state index contributed by atoms with van der Waals surface area (Å²) < 4.78 is 31.6. The fraction of sp³-hybridized carbons (Fsp3) is 0.300. The van der Waals surface area contributed by atoms with Gasteiger partial charge in [-0.05, 0) is 37.0 Å². The van der Waals surface area contributed by atoms with Crippen molar-refractivity contribution in [2.75, 3.05) is 26.1 Å². The highest BCUT2D eigenvalue weighted by atomic mass is 32.2. The molecule has 0 saturated carbocycles. The van der Waals surface area contributed by atoms with Gasteiger partial charge >= 0.3 is 0 Å². The Morgan fingerprint density at radius 1 is 1.20 bits per heavy atom. The molecule has 0 aliphatic heterocycles. The summed E-state index contributed by atoms with van der Waals surface area (Å²) in [6.45, 7) is 1.52. The van der Waals surface area contributed by atoms with E-state index in [1.165, 1.54) is 28.0 Å². The highest BCUT2D eigenvalue weighted by molar-refractivity contribution is 7.89. The lowest BCUT2D eigenvalue weighted by atomic mass is 10.1. The number of aryl methyl sites for hydroxylation is 1. The number of aliphatic hydroxyl groups excluding tert-OH is 2. The van der Waals surface area contributed by atoms with Crippen LogP contribution in [0.2, 0.25) is 0 Å². The van der Waals surface area contributed by atoms with Crippen LogP contribution in [0.4, 0.5) is 5.69 Å². The third-order valence-corrected chi connectivity index (χ3v) is 6.61. The Labute approximate surface area is 181 Å². The first-order chi connectivity index (χ1) is 14.5. The van der Waals surface area contributed by atoms with Crippen LogP contribution in [-0.4, -0.2) is 60.0 Å². The molecule has 3 rings (SSSR count). The van der Waals surface area contributed by atoms with Gasteiger partial charge < -0.3 is 15.5 Å². The Morgan fingerprint density at radius 2 is 1.87 bits per heavy atom. The summed E-state index contributed by atoms with van der Waals surface area (Å²) in [6, 6.07) is 7.76. The number of rotatable bonds is 6. The van der Waals surface area contributed by atoms with Crippen LogP contribution >= 0.6 is 11.5 Å². The molecule has 1 aliphatic rings. The van der Waals surface area contributed by atoms with Gasteiger partial charge in [0.25, 0.3) is 0 Å². The molecule has 1 aromatic heterocycles. The normalized spacial score (nSPS) is 14.9. The number of carbonyl (C=O) groups is 1. The summed E-state index contributed by atoms with van der Waals surface area (Å²) in [6.07, 6.45) is 7.87. The van der Waals surface area contributed by atoms with Crippen LogP contribution in [0, 0.1) is 6.92 Å². The van der Waals surface area contributed by atoms with E-state index in [1.807, 2.05) is 12.2 Å². The number of carbonyl (C=O) groups excluding carboxylic acids is 1. The van der Waals surface area contributed by atoms with E-state index in [9.17, 15) is 13.2 Å². The molecule has 2 aromatic rings. The topological polar surface area (TPSA) is 120 Å². The molecule has 1 amide bonds. The minimum absolute atomic E-state index is 0.170. The van der Waals surface area contributed by atoms with E-state index >= 15 is 0 Å². The van der Waals surface area contributed by atoms with E-state index in [0.29, 0.717) is 17.8 Å². The Balaban J connectivity index is 0.00000106. The fourth-order valence-corrected chi connectivity index (χ4v) is 4.85.